The number of piperidine rings is 1. The molecule has 0 bridgehead atoms. The van der Waals surface area contributed by atoms with Gasteiger partial charge in [-0.1, -0.05) is 18.2 Å². The van der Waals surface area contributed by atoms with Gasteiger partial charge in [0.05, 0.1) is 12.5 Å². The molecular weight excluding hydrogens is 497 g/mol. The number of carbonyl (C=O) groups excluding carboxylic acids is 1. The Bertz CT molecular complexity index is 1280. The Hall–Kier alpha value is -3.50. The van der Waals surface area contributed by atoms with Crippen LogP contribution in [0.5, 0.6) is 0 Å². The Morgan fingerprint density at radius 2 is 1.76 bits per heavy atom. The van der Waals surface area contributed by atoms with E-state index in [1.165, 1.54) is 24.3 Å². The molecule has 1 aromatic heterocycles. The van der Waals surface area contributed by atoms with E-state index in [0.29, 0.717) is 31.9 Å². The van der Waals surface area contributed by atoms with Gasteiger partial charge in [0.15, 0.2) is 5.82 Å². The number of amides is 1. The summed E-state index contributed by atoms with van der Waals surface area (Å²) < 4.78 is 54.0. The summed E-state index contributed by atoms with van der Waals surface area (Å²) in [6.07, 6.45) is 1.46. The summed E-state index contributed by atoms with van der Waals surface area (Å²) in [5.74, 6) is -2.40. The molecule has 200 valence electrons. The van der Waals surface area contributed by atoms with Gasteiger partial charge in [0.1, 0.15) is 29.2 Å². The molecule has 7 nitrogen and oxygen atoms in total. The molecule has 2 saturated heterocycles. The number of rotatable bonds is 6. The van der Waals surface area contributed by atoms with E-state index in [0.717, 1.165) is 11.6 Å². The maximum absolute atomic E-state index is 14.9. The van der Waals surface area contributed by atoms with Gasteiger partial charge in [-0.2, -0.15) is 5.10 Å². The fourth-order valence-electron chi connectivity index (χ4n) is 5.83. The number of benzene rings is 2. The van der Waals surface area contributed by atoms with E-state index in [-0.39, 0.29) is 23.8 Å². The van der Waals surface area contributed by atoms with Crippen LogP contribution >= 0.6 is 0 Å². The van der Waals surface area contributed by atoms with Crippen molar-refractivity contribution in [3.8, 4) is 0 Å². The maximum atomic E-state index is 14.9. The van der Waals surface area contributed by atoms with Crippen LogP contribution in [0.2, 0.25) is 0 Å². The lowest BCUT2D eigenvalue weighted by molar-refractivity contribution is -0.170. The van der Waals surface area contributed by atoms with Crippen molar-refractivity contribution in [1.82, 2.24) is 15.1 Å². The molecule has 3 aromatic rings. The maximum Gasteiger partial charge on any atom is 0.228 e. The molecule has 10 heteroatoms. The SMILES string of the molecule is CO[C@@H]1CN(C(=O)[C@@H]2CN(c3cccnn3)C[C@H]2c2ccc(F)cc2F)CC[C@@]1(OC)c1ccc(F)cc1. The Labute approximate surface area is 219 Å². The summed E-state index contributed by atoms with van der Waals surface area (Å²) in [5.41, 5.74) is 0.193. The van der Waals surface area contributed by atoms with E-state index in [1.54, 1.807) is 49.6 Å². The quantitative estimate of drug-likeness (QED) is 0.486. The van der Waals surface area contributed by atoms with Crippen LogP contribution in [0.25, 0.3) is 0 Å². The number of methoxy groups -OCH3 is 2. The van der Waals surface area contributed by atoms with Crippen molar-refractivity contribution in [2.75, 3.05) is 45.3 Å². The standard InChI is InChI=1S/C28H29F3N4O3/c1-37-25-17-34(13-11-28(25,38-2)18-5-7-19(29)8-6-18)27(36)23-16-35(26-4-3-12-32-33-26)15-22(23)21-10-9-20(30)14-24(21)31/h3-10,12,14,22-23,25H,11,13,15-17H2,1-2H3/t22-,23+,25+,28+/m0/s1. The highest BCUT2D eigenvalue weighted by atomic mass is 19.1. The minimum Gasteiger partial charge on any atom is -0.376 e. The largest absolute Gasteiger partial charge is 0.376 e. The van der Waals surface area contributed by atoms with E-state index in [2.05, 4.69) is 10.2 Å². The van der Waals surface area contributed by atoms with Gasteiger partial charge in [-0.3, -0.25) is 4.79 Å². The van der Waals surface area contributed by atoms with Gasteiger partial charge in [0, 0.05) is 58.5 Å². The third-order valence-electron chi connectivity index (χ3n) is 7.83. The van der Waals surface area contributed by atoms with Gasteiger partial charge in [-0.25, -0.2) is 13.2 Å². The number of halogens is 3. The molecule has 2 aromatic carbocycles. The molecule has 1 amide bonds. The Morgan fingerprint density at radius 1 is 1.00 bits per heavy atom. The first-order valence-electron chi connectivity index (χ1n) is 12.5. The molecule has 2 fully saturated rings. The average molecular weight is 527 g/mol. The molecule has 2 aliphatic rings. The summed E-state index contributed by atoms with van der Waals surface area (Å²) in [5, 5.41) is 8.09. The first-order valence-corrected chi connectivity index (χ1v) is 12.5. The van der Waals surface area contributed by atoms with Crippen molar-refractivity contribution < 1.29 is 27.4 Å². The zero-order valence-corrected chi connectivity index (χ0v) is 21.2. The average Bonchev–Trinajstić information content (AvgIpc) is 3.38. The molecule has 5 rings (SSSR count). The van der Waals surface area contributed by atoms with E-state index in [4.69, 9.17) is 9.47 Å². The van der Waals surface area contributed by atoms with E-state index in [9.17, 15) is 18.0 Å². The fraction of sp³-hybridized carbons (Fsp3) is 0.393. The normalized spacial score (nSPS) is 25.6. The summed E-state index contributed by atoms with van der Waals surface area (Å²) in [7, 11) is 3.13. The second kappa shape index (κ2) is 10.7. The van der Waals surface area contributed by atoms with Gasteiger partial charge >= 0.3 is 0 Å². The van der Waals surface area contributed by atoms with Crippen LogP contribution in [0.3, 0.4) is 0 Å². The van der Waals surface area contributed by atoms with Crippen molar-refractivity contribution in [2.24, 2.45) is 5.92 Å². The molecule has 4 atom stereocenters. The van der Waals surface area contributed by atoms with Crippen LogP contribution in [0.4, 0.5) is 19.0 Å². The predicted octanol–water partition coefficient (Wildman–Crippen LogP) is 3.90. The van der Waals surface area contributed by atoms with Gasteiger partial charge in [0.2, 0.25) is 5.91 Å². The molecule has 2 aliphatic heterocycles. The van der Waals surface area contributed by atoms with Gasteiger partial charge in [-0.05, 0) is 41.5 Å². The van der Waals surface area contributed by atoms with Crippen LogP contribution in [0.15, 0.2) is 60.8 Å². The van der Waals surface area contributed by atoms with Crippen molar-refractivity contribution >= 4 is 11.7 Å². The van der Waals surface area contributed by atoms with Crippen molar-refractivity contribution in [2.45, 2.75) is 24.0 Å². The molecule has 0 spiro atoms. The lowest BCUT2D eigenvalue weighted by Crippen LogP contribution is -2.57. The zero-order valence-electron chi connectivity index (χ0n) is 21.2. The number of anilines is 1. The number of hydrogen-bond donors (Lipinski definition) is 0. The van der Waals surface area contributed by atoms with Gasteiger partial charge in [0.25, 0.3) is 0 Å². The minimum atomic E-state index is -0.858. The first-order chi connectivity index (χ1) is 18.4. The summed E-state index contributed by atoms with van der Waals surface area (Å²) >= 11 is 0. The van der Waals surface area contributed by atoms with E-state index >= 15 is 0 Å². The second-order valence-corrected chi connectivity index (χ2v) is 9.72. The lowest BCUT2D eigenvalue weighted by Gasteiger charge is -2.47. The Balaban J connectivity index is 1.43. The van der Waals surface area contributed by atoms with Crippen LogP contribution in [-0.4, -0.2) is 67.5 Å². The number of carbonyl (C=O) groups is 1. The molecule has 38 heavy (non-hydrogen) atoms. The molecule has 0 saturated carbocycles. The number of aromatic nitrogens is 2. The number of nitrogens with zero attached hydrogens (tertiary/aromatic N) is 4. The third kappa shape index (κ3) is 4.74. The molecular formula is C28H29F3N4O3. The highest BCUT2D eigenvalue weighted by Gasteiger charge is 2.49. The third-order valence-corrected chi connectivity index (χ3v) is 7.83. The zero-order chi connectivity index (χ0) is 26.9. The van der Waals surface area contributed by atoms with Crippen LogP contribution in [0, 0.1) is 23.4 Å². The summed E-state index contributed by atoms with van der Waals surface area (Å²) in [4.78, 5) is 17.6. The first kappa shape index (κ1) is 26.1. The highest BCUT2D eigenvalue weighted by molar-refractivity contribution is 5.82. The monoisotopic (exact) mass is 526 g/mol. The molecule has 0 unspecified atom stereocenters. The van der Waals surface area contributed by atoms with Crippen LogP contribution < -0.4 is 4.90 Å². The number of hydrogen-bond acceptors (Lipinski definition) is 6. The van der Waals surface area contributed by atoms with Crippen LogP contribution in [-0.2, 0) is 19.9 Å². The Morgan fingerprint density at radius 3 is 2.42 bits per heavy atom. The van der Waals surface area contributed by atoms with Crippen molar-refractivity contribution in [3.63, 3.8) is 0 Å². The number of likely N-dealkylation sites (tertiary alicyclic amines) is 1. The lowest BCUT2D eigenvalue weighted by atomic mass is 9.80. The highest BCUT2D eigenvalue weighted by Crippen LogP contribution is 2.41. The molecule has 3 heterocycles. The minimum absolute atomic E-state index is 0.157. The van der Waals surface area contributed by atoms with Crippen LogP contribution in [0.1, 0.15) is 23.5 Å². The van der Waals surface area contributed by atoms with E-state index in [1.807, 2.05) is 4.90 Å². The molecule has 0 N–H and O–H groups in total. The topological polar surface area (TPSA) is 67.8 Å². The fourth-order valence-corrected chi connectivity index (χ4v) is 5.83. The summed E-state index contributed by atoms with van der Waals surface area (Å²) in [6.45, 7) is 1.24. The second-order valence-electron chi connectivity index (χ2n) is 9.72. The van der Waals surface area contributed by atoms with Crippen molar-refractivity contribution in [1.29, 1.82) is 0 Å². The van der Waals surface area contributed by atoms with E-state index < -0.39 is 35.2 Å². The molecule has 0 aliphatic carbocycles. The van der Waals surface area contributed by atoms with Gasteiger partial charge in [-0.15, -0.1) is 5.10 Å². The smallest absolute Gasteiger partial charge is 0.228 e. The summed E-state index contributed by atoms with van der Waals surface area (Å²) in [6, 6.07) is 13.1. The van der Waals surface area contributed by atoms with Crippen molar-refractivity contribution in [3.05, 3.63) is 89.4 Å². The van der Waals surface area contributed by atoms with Gasteiger partial charge < -0.3 is 19.3 Å². The Kier molecular flexibility index (Phi) is 7.36. The number of ether oxygens (including phenoxy) is 2. The molecule has 0 radical (unpaired) electrons. The predicted molar refractivity (Wildman–Crippen MR) is 134 cm³/mol.